The Kier molecular flexibility index (Phi) is 3.37. The first-order chi connectivity index (χ1) is 11.0. The molecule has 2 unspecified atom stereocenters. The molecule has 23 heavy (non-hydrogen) atoms. The van der Waals surface area contributed by atoms with E-state index in [4.69, 9.17) is 0 Å². The van der Waals surface area contributed by atoms with Crippen molar-refractivity contribution >= 4 is 28.4 Å². The molecule has 5 nitrogen and oxygen atoms in total. The molecule has 120 valence electrons. The van der Waals surface area contributed by atoms with E-state index in [2.05, 4.69) is 35.4 Å². The Labute approximate surface area is 139 Å². The Hall–Kier alpha value is -1.95. The molecular formula is C17H20N4OS. The first-order valence-electron chi connectivity index (χ1n) is 7.97. The van der Waals surface area contributed by atoms with Crippen LogP contribution >= 0.6 is 11.3 Å². The van der Waals surface area contributed by atoms with Crippen LogP contribution in [0.1, 0.15) is 32.4 Å². The summed E-state index contributed by atoms with van der Waals surface area (Å²) in [5.41, 5.74) is 5.03. The van der Waals surface area contributed by atoms with E-state index in [1.165, 1.54) is 12.0 Å². The molecule has 0 spiro atoms. The summed E-state index contributed by atoms with van der Waals surface area (Å²) in [5.74, 6) is 1.27. The van der Waals surface area contributed by atoms with Gasteiger partial charge in [-0.2, -0.15) is 5.10 Å². The molecule has 3 aliphatic carbocycles. The van der Waals surface area contributed by atoms with Crippen LogP contribution in [0.4, 0.5) is 0 Å². The Morgan fingerprint density at radius 2 is 2.48 bits per heavy atom. The van der Waals surface area contributed by atoms with Crippen molar-refractivity contribution in [2.24, 2.45) is 22.4 Å². The van der Waals surface area contributed by atoms with E-state index >= 15 is 0 Å². The number of carbonyl (C=O) groups is 1. The SMILES string of the molecule is CC1(C)C2CC=C(/C=N/NC(=O)Cc3cn4ccsc4n3)C1C2. The standard InChI is InChI=1S/C17H20N4OS/c1-17(2)12-4-3-11(14(17)7-12)9-18-20-15(22)8-13-10-21-5-6-23-16(21)19-13/h3,5-6,9-10,12,14H,4,7-8H2,1-2H3,(H,20,22)/b18-9+. The van der Waals surface area contributed by atoms with E-state index in [-0.39, 0.29) is 12.3 Å². The number of thiazole rings is 1. The van der Waals surface area contributed by atoms with E-state index in [1.54, 1.807) is 11.3 Å². The fourth-order valence-corrected chi connectivity index (χ4v) is 4.51. The highest BCUT2D eigenvalue weighted by Gasteiger charge is 2.50. The van der Waals surface area contributed by atoms with Crippen molar-refractivity contribution in [3.8, 4) is 0 Å². The van der Waals surface area contributed by atoms with Gasteiger partial charge in [0.1, 0.15) is 0 Å². The highest BCUT2D eigenvalue weighted by molar-refractivity contribution is 7.15. The summed E-state index contributed by atoms with van der Waals surface area (Å²) in [6.07, 6.45) is 10.6. The number of fused-ring (bicyclic) bond motifs is 2. The lowest BCUT2D eigenvalue weighted by Gasteiger charge is -2.55. The number of hydrogen-bond acceptors (Lipinski definition) is 4. The Bertz CT molecular complexity index is 785. The molecule has 2 heterocycles. The van der Waals surface area contributed by atoms with Gasteiger partial charge in [-0.3, -0.25) is 9.20 Å². The minimum Gasteiger partial charge on any atom is -0.297 e. The van der Waals surface area contributed by atoms with Crippen molar-refractivity contribution in [3.63, 3.8) is 0 Å². The third-order valence-corrected chi connectivity index (χ3v) is 6.17. The van der Waals surface area contributed by atoms with Crippen molar-refractivity contribution < 1.29 is 4.79 Å². The van der Waals surface area contributed by atoms with E-state index in [9.17, 15) is 4.79 Å². The van der Waals surface area contributed by atoms with Crippen LogP contribution in [-0.4, -0.2) is 21.5 Å². The Morgan fingerprint density at radius 3 is 3.22 bits per heavy atom. The normalized spacial score (nSPS) is 25.4. The number of hydrogen-bond donors (Lipinski definition) is 1. The molecule has 1 saturated carbocycles. The summed E-state index contributed by atoms with van der Waals surface area (Å²) in [6, 6.07) is 0. The third kappa shape index (κ3) is 2.51. The molecule has 0 saturated heterocycles. The Balaban J connectivity index is 1.34. The first kappa shape index (κ1) is 14.6. The summed E-state index contributed by atoms with van der Waals surface area (Å²) in [5, 5.41) is 6.12. The maximum atomic E-state index is 12.0. The van der Waals surface area contributed by atoms with Crippen molar-refractivity contribution in [1.82, 2.24) is 14.8 Å². The van der Waals surface area contributed by atoms with Gasteiger partial charge in [0.25, 0.3) is 0 Å². The second-order valence-corrected chi connectivity index (χ2v) is 7.91. The molecule has 2 aromatic heterocycles. The molecule has 2 atom stereocenters. The third-order valence-electron chi connectivity index (χ3n) is 5.40. The summed E-state index contributed by atoms with van der Waals surface area (Å²) in [4.78, 5) is 17.3. The quantitative estimate of drug-likeness (QED) is 0.693. The van der Waals surface area contributed by atoms with Crippen LogP contribution in [0, 0.1) is 17.3 Å². The predicted molar refractivity (Wildman–Crippen MR) is 91.5 cm³/mol. The number of hydrazone groups is 1. The van der Waals surface area contributed by atoms with E-state index in [1.807, 2.05) is 28.4 Å². The van der Waals surface area contributed by atoms with Crippen LogP contribution in [-0.2, 0) is 11.2 Å². The molecule has 0 radical (unpaired) electrons. The highest BCUT2D eigenvalue weighted by atomic mass is 32.1. The summed E-state index contributed by atoms with van der Waals surface area (Å²) >= 11 is 1.56. The monoisotopic (exact) mass is 328 g/mol. The van der Waals surface area contributed by atoms with Crippen molar-refractivity contribution in [3.05, 3.63) is 35.1 Å². The maximum Gasteiger partial charge on any atom is 0.246 e. The van der Waals surface area contributed by atoms with Gasteiger partial charge >= 0.3 is 0 Å². The van der Waals surface area contributed by atoms with Crippen molar-refractivity contribution in [2.75, 3.05) is 0 Å². The molecule has 3 aliphatic rings. The molecule has 0 aromatic carbocycles. The van der Waals surface area contributed by atoms with Crippen molar-refractivity contribution in [2.45, 2.75) is 33.1 Å². The topological polar surface area (TPSA) is 58.8 Å². The molecule has 5 rings (SSSR count). The van der Waals surface area contributed by atoms with Crippen LogP contribution in [0.5, 0.6) is 0 Å². The molecule has 0 aliphatic heterocycles. The second-order valence-electron chi connectivity index (χ2n) is 7.04. The molecule has 1 fully saturated rings. The molecule has 2 bridgehead atoms. The zero-order valence-corrected chi connectivity index (χ0v) is 14.1. The van der Waals surface area contributed by atoms with Gasteiger partial charge in [-0.1, -0.05) is 19.9 Å². The fourth-order valence-electron chi connectivity index (χ4n) is 3.79. The van der Waals surface area contributed by atoms with Crippen LogP contribution in [0.15, 0.2) is 34.5 Å². The lowest BCUT2D eigenvalue weighted by Crippen LogP contribution is -2.48. The van der Waals surface area contributed by atoms with Gasteiger partial charge in [0.15, 0.2) is 4.96 Å². The number of aromatic nitrogens is 2. The molecule has 1 amide bonds. The fraction of sp³-hybridized carbons (Fsp3) is 0.471. The number of nitrogens with one attached hydrogen (secondary N) is 1. The van der Waals surface area contributed by atoms with Gasteiger partial charge in [-0.25, -0.2) is 10.4 Å². The van der Waals surface area contributed by atoms with Gasteiger partial charge in [0, 0.05) is 17.8 Å². The number of amides is 1. The molecule has 6 heteroatoms. The molecule has 2 aromatic rings. The molecular weight excluding hydrogens is 308 g/mol. The van der Waals surface area contributed by atoms with Gasteiger partial charge < -0.3 is 0 Å². The smallest absolute Gasteiger partial charge is 0.246 e. The second kappa shape index (κ2) is 5.30. The molecule has 1 N–H and O–H groups in total. The minimum atomic E-state index is -0.130. The zero-order valence-electron chi connectivity index (χ0n) is 13.3. The van der Waals surface area contributed by atoms with Crippen LogP contribution in [0.2, 0.25) is 0 Å². The highest BCUT2D eigenvalue weighted by Crippen LogP contribution is 2.58. The number of rotatable bonds is 4. The Morgan fingerprint density at radius 1 is 1.61 bits per heavy atom. The average molecular weight is 328 g/mol. The number of nitrogens with zero attached hydrogens (tertiary/aromatic N) is 3. The van der Waals surface area contributed by atoms with Crippen LogP contribution in [0.25, 0.3) is 4.96 Å². The predicted octanol–water partition coefficient (Wildman–Crippen LogP) is 3.03. The van der Waals surface area contributed by atoms with E-state index in [0.29, 0.717) is 11.3 Å². The lowest BCUT2D eigenvalue weighted by molar-refractivity contribution is -0.120. The van der Waals surface area contributed by atoms with Gasteiger partial charge in [0.05, 0.1) is 18.3 Å². The van der Waals surface area contributed by atoms with Gasteiger partial charge in [-0.15, -0.1) is 11.3 Å². The van der Waals surface area contributed by atoms with E-state index in [0.717, 1.165) is 23.0 Å². The first-order valence-corrected chi connectivity index (χ1v) is 8.85. The summed E-state index contributed by atoms with van der Waals surface area (Å²) in [6.45, 7) is 4.66. The van der Waals surface area contributed by atoms with Crippen LogP contribution in [0.3, 0.4) is 0 Å². The van der Waals surface area contributed by atoms with E-state index < -0.39 is 0 Å². The van der Waals surface area contributed by atoms with Gasteiger partial charge in [-0.05, 0) is 35.7 Å². The number of allylic oxidation sites excluding steroid dienone is 2. The number of imidazole rings is 1. The lowest BCUT2D eigenvalue weighted by atomic mass is 9.49. The summed E-state index contributed by atoms with van der Waals surface area (Å²) < 4.78 is 1.93. The van der Waals surface area contributed by atoms with Gasteiger partial charge in [0.2, 0.25) is 5.91 Å². The largest absolute Gasteiger partial charge is 0.297 e. The van der Waals surface area contributed by atoms with Crippen LogP contribution < -0.4 is 5.43 Å². The maximum absolute atomic E-state index is 12.0. The minimum absolute atomic E-state index is 0.130. The average Bonchev–Trinajstić information content (AvgIpc) is 3.08. The number of carbonyl (C=O) groups excluding carboxylic acids is 1. The summed E-state index contributed by atoms with van der Waals surface area (Å²) in [7, 11) is 0. The van der Waals surface area contributed by atoms with Crippen molar-refractivity contribution in [1.29, 1.82) is 0 Å². The zero-order chi connectivity index (χ0) is 16.0.